The van der Waals surface area contributed by atoms with E-state index in [4.69, 9.17) is 9.72 Å². The summed E-state index contributed by atoms with van der Waals surface area (Å²) >= 11 is 1.48. The molecule has 0 amide bonds. The van der Waals surface area contributed by atoms with E-state index in [9.17, 15) is 0 Å². The van der Waals surface area contributed by atoms with Crippen LogP contribution in [0.15, 0.2) is 60.7 Å². The van der Waals surface area contributed by atoms with Gasteiger partial charge in [-0.1, -0.05) is 53.8 Å². The van der Waals surface area contributed by atoms with Gasteiger partial charge in [0.15, 0.2) is 0 Å². The molecule has 5 rings (SSSR count). The fourth-order valence-corrected chi connectivity index (χ4v) is 3.67. The molecule has 0 aliphatic rings. The third-order valence-corrected chi connectivity index (χ3v) is 5.23. The molecule has 0 atom stereocenters. The molecular weight excluding hydrogens is 370 g/mol. The molecule has 2 aromatic carbocycles. The zero-order valence-corrected chi connectivity index (χ0v) is 15.8. The molecule has 0 spiro atoms. The lowest BCUT2D eigenvalue weighted by atomic mass is 10.2. The van der Waals surface area contributed by atoms with E-state index in [-0.39, 0.29) is 0 Å². The Bertz CT molecular complexity index is 1300. The van der Waals surface area contributed by atoms with Crippen LogP contribution in [-0.4, -0.2) is 31.9 Å². The molecule has 5 aromatic rings. The number of hydrogen-bond donors (Lipinski definition) is 0. The predicted molar refractivity (Wildman–Crippen MR) is 111 cm³/mol. The van der Waals surface area contributed by atoms with Crippen molar-refractivity contribution < 1.29 is 4.74 Å². The number of ether oxygens (including phenoxy) is 1. The Hall–Kier alpha value is -3.58. The Labute approximate surface area is 164 Å². The fourth-order valence-electron chi connectivity index (χ4n) is 2.93. The van der Waals surface area contributed by atoms with Crippen molar-refractivity contribution in [3.8, 4) is 17.3 Å². The normalized spacial score (nSPS) is 11.6. The van der Waals surface area contributed by atoms with Gasteiger partial charge in [0.25, 0.3) is 0 Å². The summed E-state index contributed by atoms with van der Waals surface area (Å²) < 4.78 is 6.93. The Morgan fingerprint density at radius 3 is 2.64 bits per heavy atom. The first-order chi connectivity index (χ1) is 13.8. The molecule has 3 heterocycles. The number of methoxy groups -OCH3 is 1. The molecule has 0 saturated carbocycles. The van der Waals surface area contributed by atoms with E-state index in [0.717, 1.165) is 37.9 Å². The number of pyridine rings is 1. The molecular formula is C21H15N5OS. The third kappa shape index (κ3) is 3.01. The number of para-hydroxylation sites is 1. The summed E-state index contributed by atoms with van der Waals surface area (Å²) in [6.45, 7) is 0. The number of hydrogen-bond acceptors (Lipinski definition) is 6. The SMILES string of the molecule is COc1ccc(/C=C/c2nn3c(-c4ccc5ccccc5n4)nnc3s2)cc1. The molecule has 0 saturated heterocycles. The van der Waals surface area contributed by atoms with E-state index in [1.54, 1.807) is 11.6 Å². The van der Waals surface area contributed by atoms with Crippen LogP contribution >= 0.6 is 11.3 Å². The van der Waals surface area contributed by atoms with E-state index in [0.29, 0.717) is 5.82 Å². The minimum absolute atomic E-state index is 0.640. The number of benzene rings is 2. The highest BCUT2D eigenvalue weighted by Crippen LogP contribution is 2.23. The highest BCUT2D eigenvalue weighted by atomic mass is 32.1. The quantitative estimate of drug-likeness (QED) is 0.453. The largest absolute Gasteiger partial charge is 0.497 e. The second-order valence-electron chi connectivity index (χ2n) is 6.15. The van der Waals surface area contributed by atoms with Gasteiger partial charge in [-0.2, -0.15) is 9.61 Å². The maximum Gasteiger partial charge on any atom is 0.235 e. The van der Waals surface area contributed by atoms with Crippen LogP contribution in [0.4, 0.5) is 0 Å². The number of nitrogens with zero attached hydrogens (tertiary/aromatic N) is 5. The lowest BCUT2D eigenvalue weighted by Gasteiger charge is -2.00. The van der Waals surface area contributed by atoms with Crippen molar-refractivity contribution in [3.05, 3.63) is 71.2 Å². The lowest BCUT2D eigenvalue weighted by molar-refractivity contribution is 0.415. The summed E-state index contributed by atoms with van der Waals surface area (Å²) in [7, 11) is 1.66. The summed E-state index contributed by atoms with van der Waals surface area (Å²) in [5, 5.41) is 15.1. The minimum atomic E-state index is 0.640. The van der Waals surface area contributed by atoms with Crippen molar-refractivity contribution in [3.63, 3.8) is 0 Å². The summed E-state index contributed by atoms with van der Waals surface area (Å²) in [6, 6.07) is 19.9. The van der Waals surface area contributed by atoms with E-state index in [2.05, 4.69) is 15.3 Å². The second-order valence-corrected chi connectivity index (χ2v) is 7.14. The van der Waals surface area contributed by atoms with Crippen LogP contribution in [0.2, 0.25) is 0 Å². The van der Waals surface area contributed by atoms with Gasteiger partial charge in [-0.15, -0.1) is 10.2 Å². The van der Waals surface area contributed by atoms with Crippen molar-refractivity contribution in [1.29, 1.82) is 0 Å². The van der Waals surface area contributed by atoms with Crippen molar-refractivity contribution in [2.75, 3.05) is 7.11 Å². The van der Waals surface area contributed by atoms with Crippen LogP contribution in [-0.2, 0) is 0 Å². The Morgan fingerprint density at radius 2 is 1.79 bits per heavy atom. The average Bonchev–Trinajstić information content (AvgIpc) is 3.32. The van der Waals surface area contributed by atoms with Gasteiger partial charge in [0, 0.05) is 5.39 Å². The molecule has 28 heavy (non-hydrogen) atoms. The number of aromatic nitrogens is 5. The molecule has 0 unspecified atom stereocenters. The number of rotatable bonds is 4. The van der Waals surface area contributed by atoms with Crippen molar-refractivity contribution in [1.82, 2.24) is 24.8 Å². The van der Waals surface area contributed by atoms with Gasteiger partial charge >= 0.3 is 0 Å². The lowest BCUT2D eigenvalue weighted by Crippen LogP contribution is -1.93. The van der Waals surface area contributed by atoms with Gasteiger partial charge in [0.2, 0.25) is 10.8 Å². The Morgan fingerprint density at radius 1 is 0.929 bits per heavy atom. The topological polar surface area (TPSA) is 65.2 Å². The van der Waals surface area contributed by atoms with Crippen molar-refractivity contribution in [2.24, 2.45) is 0 Å². The average molecular weight is 385 g/mol. The van der Waals surface area contributed by atoms with E-state index >= 15 is 0 Å². The maximum atomic E-state index is 5.18. The highest BCUT2D eigenvalue weighted by Gasteiger charge is 2.14. The first-order valence-electron chi connectivity index (χ1n) is 8.71. The molecule has 6 nitrogen and oxygen atoms in total. The zero-order valence-electron chi connectivity index (χ0n) is 15.0. The van der Waals surface area contributed by atoms with E-state index in [1.807, 2.05) is 72.8 Å². The second kappa shape index (κ2) is 6.86. The standard InChI is InChI=1S/C21H15N5OS/c1-27-16-10-6-14(7-11-16)8-13-19-25-26-20(23-24-21(26)28-19)18-12-9-15-4-2-3-5-17(15)22-18/h2-13H,1H3/b13-8+. The Kier molecular flexibility index (Phi) is 4.06. The fraction of sp³-hybridized carbons (Fsp3) is 0.0476. The summed E-state index contributed by atoms with van der Waals surface area (Å²) in [5.41, 5.74) is 2.75. The summed E-state index contributed by atoms with van der Waals surface area (Å²) in [5.74, 6) is 1.48. The third-order valence-electron chi connectivity index (χ3n) is 4.37. The van der Waals surface area contributed by atoms with Crippen molar-refractivity contribution in [2.45, 2.75) is 0 Å². The monoisotopic (exact) mass is 385 g/mol. The highest BCUT2D eigenvalue weighted by molar-refractivity contribution is 7.17. The van der Waals surface area contributed by atoms with Crippen LogP contribution in [0.1, 0.15) is 10.6 Å². The maximum absolute atomic E-state index is 5.18. The van der Waals surface area contributed by atoms with Crippen LogP contribution in [0.3, 0.4) is 0 Å². The zero-order chi connectivity index (χ0) is 18.9. The van der Waals surface area contributed by atoms with Crippen LogP contribution in [0.25, 0.3) is 39.5 Å². The van der Waals surface area contributed by atoms with Crippen LogP contribution in [0, 0.1) is 0 Å². The minimum Gasteiger partial charge on any atom is -0.497 e. The van der Waals surface area contributed by atoms with Gasteiger partial charge in [-0.05, 0) is 35.9 Å². The summed E-state index contributed by atoms with van der Waals surface area (Å²) in [6.07, 6.45) is 3.98. The molecule has 0 radical (unpaired) electrons. The predicted octanol–water partition coefficient (Wildman–Crippen LogP) is 4.58. The number of fused-ring (bicyclic) bond motifs is 2. The molecule has 7 heteroatoms. The smallest absolute Gasteiger partial charge is 0.235 e. The van der Waals surface area contributed by atoms with Crippen LogP contribution < -0.4 is 4.74 Å². The van der Waals surface area contributed by atoms with Gasteiger partial charge in [0.1, 0.15) is 16.5 Å². The molecule has 0 aliphatic carbocycles. The van der Waals surface area contributed by atoms with E-state index < -0.39 is 0 Å². The Balaban J connectivity index is 1.48. The van der Waals surface area contributed by atoms with Gasteiger partial charge in [0.05, 0.1) is 12.6 Å². The first-order valence-corrected chi connectivity index (χ1v) is 9.52. The molecule has 0 aliphatic heterocycles. The first kappa shape index (κ1) is 16.6. The molecule has 3 aromatic heterocycles. The molecule has 0 fully saturated rings. The van der Waals surface area contributed by atoms with Crippen LogP contribution in [0.5, 0.6) is 5.75 Å². The molecule has 0 N–H and O–H groups in total. The summed E-state index contributed by atoms with van der Waals surface area (Å²) in [4.78, 5) is 5.43. The van der Waals surface area contributed by atoms with Crippen molar-refractivity contribution >= 4 is 39.4 Å². The molecule has 136 valence electrons. The van der Waals surface area contributed by atoms with Gasteiger partial charge in [-0.3, -0.25) is 0 Å². The van der Waals surface area contributed by atoms with Gasteiger partial charge < -0.3 is 4.74 Å². The molecule has 0 bridgehead atoms. The van der Waals surface area contributed by atoms with E-state index in [1.165, 1.54) is 11.3 Å². The van der Waals surface area contributed by atoms with Gasteiger partial charge in [-0.25, -0.2) is 4.98 Å².